The van der Waals surface area contributed by atoms with Crippen molar-refractivity contribution in [3.8, 4) is 11.5 Å². The first-order chi connectivity index (χ1) is 11.1. The van der Waals surface area contributed by atoms with Gasteiger partial charge in [0, 0.05) is 12.1 Å². The maximum Gasteiger partial charge on any atom is 0.312 e. The number of carboxylic acids is 1. The van der Waals surface area contributed by atoms with E-state index in [4.69, 9.17) is 15.2 Å². The van der Waals surface area contributed by atoms with E-state index >= 15 is 0 Å². The molecular weight excluding hydrogens is 301 g/mol. The highest BCUT2D eigenvalue weighted by atomic mass is 19.1. The minimum atomic E-state index is -1.22. The summed E-state index contributed by atoms with van der Waals surface area (Å²) in [5.74, 6) is -3.09. The standard InChI is InChI=1S/C17H18FNO4/c1-22-13-7-8-14(23-10-11-5-3-2-4-6-11)16(18)15(13)12(9-19)17(20)21/h2-8,12H,9-10,19H2,1H3,(H,20,21). The van der Waals surface area contributed by atoms with E-state index in [0.29, 0.717) is 0 Å². The van der Waals surface area contributed by atoms with Gasteiger partial charge in [0.2, 0.25) is 0 Å². The van der Waals surface area contributed by atoms with Crippen molar-refractivity contribution in [1.82, 2.24) is 0 Å². The van der Waals surface area contributed by atoms with Crippen LogP contribution in [0.15, 0.2) is 42.5 Å². The predicted molar refractivity (Wildman–Crippen MR) is 83.2 cm³/mol. The minimum absolute atomic E-state index is 0.0376. The Morgan fingerprint density at radius 3 is 2.43 bits per heavy atom. The van der Waals surface area contributed by atoms with E-state index in [1.165, 1.54) is 19.2 Å². The molecule has 122 valence electrons. The van der Waals surface area contributed by atoms with E-state index in [1.807, 2.05) is 30.3 Å². The van der Waals surface area contributed by atoms with E-state index in [9.17, 15) is 14.3 Å². The van der Waals surface area contributed by atoms with Gasteiger partial charge in [-0.25, -0.2) is 4.39 Å². The number of ether oxygens (including phenoxy) is 2. The molecule has 0 heterocycles. The molecule has 2 aromatic rings. The van der Waals surface area contributed by atoms with Crippen molar-refractivity contribution in [3.05, 3.63) is 59.4 Å². The molecule has 0 amide bonds. The normalized spacial score (nSPS) is 11.8. The minimum Gasteiger partial charge on any atom is -0.496 e. The molecule has 0 saturated carbocycles. The van der Waals surface area contributed by atoms with Gasteiger partial charge in [0.05, 0.1) is 7.11 Å². The van der Waals surface area contributed by atoms with E-state index < -0.39 is 17.7 Å². The zero-order chi connectivity index (χ0) is 16.8. The third-order valence-corrected chi connectivity index (χ3v) is 3.44. The van der Waals surface area contributed by atoms with E-state index in [2.05, 4.69) is 0 Å². The fourth-order valence-corrected chi connectivity index (χ4v) is 2.25. The molecule has 23 heavy (non-hydrogen) atoms. The van der Waals surface area contributed by atoms with Gasteiger partial charge in [-0.3, -0.25) is 4.79 Å². The van der Waals surface area contributed by atoms with Gasteiger partial charge in [-0.15, -0.1) is 0 Å². The highest BCUT2D eigenvalue weighted by Crippen LogP contribution is 2.34. The molecular formula is C17H18FNO4. The molecule has 0 aliphatic carbocycles. The number of hydrogen-bond donors (Lipinski definition) is 2. The van der Waals surface area contributed by atoms with Crippen LogP contribution in [0.25, 0.3) is 0 Å². The smallest absolute Gasteiger partial charge is 0.312 e. The molecule has 0 radical (unpaired) electrons. The molecule has 0 bridgehead atoms. The number of benzene rings is 2. The summed E-state index contributed by atoms with van der Waals surface area (Å²) in [6.07, 6.45) is 0. The lowest BCUT2D eigenvalue weighted by atomic mass is 9.97. The van der Waals surface area contributed by atoms with Crippen LogP contribution in [0.1, 0.15) is 17.0 Å². The van der Waals surface area contributed by atoms with Crippen molar-refractivity contribution in [2.45, 2.75) is 12.5 Å². The van der Waals surface area contributed by atoms with E-state index in [0.717, 1.165) is 5.56 Å². The molecule has 1 atom stereocenters. The largest absolute Gasteiger partial charge is 0.496 e. The van der Waals surface area contributed by atoms with Crippen LogP contribution in [-0.2, 0) is 11.4 Å². The van der Waals surface area contributed by atoms with Crippen LogP contribution < -0.4 is 15.2 Å². The second-order valence-electron chi connectivity index (χ2n) is 4.89. The number of hydrogen-bond acceptors (Lipinski definition) is 4. The molecule has 2 aromatic carbocycles. The number of halogens is 1. The monoisotopic (exact) mass is 319 g/mol. The predicted octanol–water partition coefficient (Wildman–Crippen LogP) is 2.54. The van der Waals surface area contributed by atoms with Crippen LogP contribution in [0.3, 0.4) is 0 Å². The third-order valence-electron chi connectivity index (χ3n) is 3.44. The highest BCUT2D eigenvalue weighted by Gasteiger charge is 2.28. The van der Waals surface area contributed by atoms with E-state index in [1.54, 1.807) is 0 Å². The maximum absolute atomic E-state index is 14.7. The van der Waals surface area contributed by atoms with Crippen LogP contribution in [-0.4, -0.2) is 24.7 Å². The first-order valence-electron chi connectivity index (χ1n) is 7.04. The van der Waals surface area contributed by atoms with Gasteiger partial charge >= 0.3 is 5.97 Å². The number of carbonyl (C=O) groups is 1. The molecule has 0 fully saturated rings. The number of nitrogens with two attached hydrogens (primary N) is 1. The molecule has 2 rings (SSSR count). The van der Waals surface area contributed by atoms with Crippen molar-refractivity contribution >= 4 is 5.97 Å². The Hall–Kier alpha value is -2.60. The summed E-state index contributed by atoms with van der Waals surface area (Å²) >= 11 is 0. The third kappa shape index (κ3) is 3.78. The van der Waals surface area contributed by atoms with Gasteiger partial charge in [0.15, 0.2) is 11.6 Å². The lowest BCUT2D eigenvalue weighted by Gasteiger charge is -2.17. The number of aliphatic carboxylic acids is 1. The number of rotatable bonds is 7. The molecule has 0 aromatic heterocycles. The second-order valence-corrected chi connectivity index (χ2v) is 4.89. The highest BCUT2D eigenvalue weighted by molar-refractivity contribution is 5.78. The molecule has 0 saturated heterocycles. The summed E-state index contributed by atoms with van der Waals surface area (Å²) in [7, 11) is 1.35. The Balaban J connectivity index is 2.33. The molecule has 0 aliphatic heterocycles. The lowest BCUT2D eigenvalue weighted by molar-refractivity contribution is -0.138. The van der Waals surface area contributed by atoms with Gasteiger partial charge in [-0.05, 0) is 17.7 Å². The summed E-state index contributed by atoms with van der Waals surface area (Å²) in [5, 5.41) is 9.23. The van der Waals surface area contributed by atoms with Crippen molar-refractivity contribution < 1.29 is 23.8 Å². The molecule has 0 aliphatic rings. The van der Waals surface area contributed by atoms with Crippen LogP contribution in [0.2, 0.25) is 0 Å². The fraction of sp³-hybridized carbons (Fsp3) is 0.235. The fourth-order valence-electron chi connectivity index (χ4n) is 2.25. The van der Waals surface area contributed by atoms with Crippen LogP contribution in [0, 0.1) is 5.82 Å². The summed E-state index contributed by atoms with van der Waals surface area (Å²) in [6, 6.07) is 12.2. The SMILES string of the molecule is COc1ccc(OCc2ccccc2)c(F)c1C(CN)C(=O)O. The van der Waals surface area contributed by atoms with Crippen LogP contribution in [0.5, 0.6) is 11.5 Å². The first-order valence-corrected chi connectivity index (χ1v) is 7.04. The molecule has 3 N–H and O–H groups in total. The zero-order valence-electron chi connectivity index (χ0n) is 12.7. The Morgan fingerprint density at radius 1 is 1.22 bits per heavy atom. The molecule has 5 nitrogen and oxygen atoms in total. The van der Waals surface area contributed by atoms with Gasteiger partial charge in [-0.2, -0.15) is 0 Å². The molecule has 6 heteroatoms. The zero-order valence-corrected chi connectivity index (χ0v) is 12.7. The van der Waals surface area contributed by atoms with Crippen molar-refractivity contribution in [2.75, 3.05) is 13.7 Å². The van der Waals surface area contributed by atoms with Gasteiger partial charge < -0.3 is 20.3 Å². The lowest BCUT2D eigenvalue weighted by Crippen LogP contribution is -2.23. The van der Waals surface area contributed by atoms with Crippen molar-refractivity contribution in [3.63, 3.8) is 0 Å². The molecule has 0 spiro atoms. The van der Waals surface area contributed by atoms with Crippen LogP contribution in [0.4, 0.5) is 4.39 Å². The average Bonchev–Trinajstić information content (AvgIpc) is 2.56. The van der Waals surface area contributed by atoms with E-state index in [-0.39, 0.29) is 30.2 Å². The van der Waals surface area contributed by atoms with Crippen molar-refractivity contribution in [1.29, 1.82) is 0 Å². The average molecular weight is 319 g/mol. The van der Waals surface area contributed by atoms with Crippen LogP contribution >= 0.6 is 0 Å². The summed E-state index contributed by atoms with van der Waals surface area (Å²) in [6.45, 7) is -0.0748. The molecule has 1 unspecified atom stereocenters. The van der Waals surface area contributed by atoms with Crippen molar-refractivity contribution in [2.24, 2.45) is 5.73 Å². The summed E-state index contributed by atoms with van der Waals surface area (Å²) < 4.78 is 25.2. The summed E-state index contributed by atoms with van der Waals surface area (Å²) in [5.41, 5.74) is 6.24. The topological polar surface area (TPSA) is 81.8 Å². The van der Waals surface area contributed by atoms with Gasteiger partial charge in [0.25, 0.3) is 0 Å². The Bertz CT molecular complexity index is 676. The quantitative estimate of drug-likeness (QED) is 0.819. The van der Waals surface area contributed by atoms with Gasteiger partial charge in [0.1, 0.15) is 18.3 Å². The summed E-state index contributed by atoms with van der Waals surface area (Å²) in [4.78, 5) is 11.3. The Labute approximate surface area is 133 Å². The number of methoxy groups -OCH3 is 1. The number of carboxylic acid groups (broad SMARTS) is 1. The maximum atomic E-state index is 14.7. The Kier molecular flexibility index (Phi) is 5.54. The van der Waals surface area contributed by atoms with Gasteiger partial charge in [-0.1, -0.05) is 30.3 Å². The second kappa shape index (κ2) is 7.60. The Morgan fingerprint density at radius 2 is 1.87 bits per heavy atom. The first kappa shape index (κ1) is 16.8.